The van der Waals surface area contributed by atoms with E-state index in [2.05, 4.69) is 26.6 Å². The zero-order chi connectivity index (χ0) is 30.7. The molecule has 0 heterocycles. The summed E-state index contributed by atoms with van der Waals surface area (Å²) in [6.07, 6.45) is 0. The summed E-state index contributed by atoms with van der Waals surface area (Å²) in [5.41, 5.74) is 3.21. The Labute approximate surface area is 264 Å². The quantitative estimate of drug-likeness (QED) is 0.158. The number of nitrogens with one attached hydrogen (secondary N) is 2. The number of anilines is 2. The van der Waals surface area contributed by atoms with Gasteiger partial charge in [-0.2, -0.15) is 0 Å². The standard InChI is InChI=1S/C36H30BrN3O4/c37-28-21-19-27(20-22-28)24-40(34(41)25-44-29-13-5-2-6-14-29)33-18-10-8-16-31(33)36(43)39-32-17-9-7-15-30(32)35(42)38-23-26-11-3-1-4-12-26/h1-22H,23-25H2,(H,38,42)(H,39,43). The lowest BCUT2D eigenvalue weighted by molar-refractivity contribution is -0.120. The molecule has 0 saturated heterocycles. The third-order valence-electron chi connectivity index (χ3n) is 6.82. The number of carbonyl (C=O) groups is 3. The SMILES string of the molecule is O=C(NCc1ccccc1)c1ccccc1NC(=O)c1ccccc1N(Cc1ccc(Br)cc1)C(=O)COc1ccccc1. The van der Waals surface area contributed by atoms with Gasteiger partial charge >= 0.3 is 0 Å². The Morgan fingerprint density at radius 2 is 1.25 bits per heavy atom. The molecule has 0 unspecified atom stereocenters. The fraction of sp³-hybridized carbons (Fsp3) is 0.0833. The van der Waals surface area contributed by atoms with E-state index in [0.29, 0.717) is 29.2 Å². The second kappa shape index (κ2) is 14.8. The molecule has 3 amide bonds. The van der Waals surface area contributed by atoms with Gasteiger partial charge in [-0.3, -0.25) is 14.4 Å². The molecule has 0 saturated carbocycles. The average Bonchev–Trinajstić information content (AvgIpc) is 3.07. The normalized spacial score (nSPS) is 10.5. The number of rotatable bonds is 11. The lowest BCUT2D eigenvalue weighted by atomic mass is 10.1. The van der Waals surface area contributed by atoms with Crippen LogP contribution in [-0.2, 0) is 17.9 Å². The van der Waals surface area contributed by atoms with Gasteiger partial charge < -0.3 is 20.3 Å². The van der Waals surface area contributed by atoms with Gasteiger partial charge in [0.15, 0.2) is 6.61 Å². The number of halogens is 1. The van der Waals surface area contributed by atoms with E-state index in [1.807, 2.05) is 72.8 Å². The monoisotopic (exact) mass is 647 g/mol. The van der Waals surface area contributed by atoms with Crippen molar-refractivity contribution in [3.8, 4) is 5.75 Å². The molecule has 0 bridgehead atoms. The zero-order valence-corrected chi connectivity index (χ0v) is 25.4. The predicted molar refractivity (Wildman–Crippen MR) is 176 cm³/mol. The first-order valence-electron chi connectivity index (χ1n) is 14.0. The molecule has 44 heavy (non-hydrogen) atoms. The van der Waals surface area contributed by atoms with Crippen molar-refractivity contribution in [2.75, 3.05) is 16.8 Å². The number of benzene rings is 5. The largest absolute Gasteiger partial charge is 0.484 e. The maximum absolute atomic E-state index is 13.8. The van der Waals surface area contributed by atoms with Gasteiger partial charge in [0.25, 0.3) is 17.7 Å². The van der Waals surface area contributed by atoms with Crippen molar-refractivity contribution in [1.29, 1.82) is 0 Å². The number of ether oxygens (including phenoxy) is 1. The van der Waals surface area contributed by atoms with E-state index in [-0.39, 0.29) is 30.5 Å². The summed E-state index contributed by atoms with van der Waals surface area (Å²) in [5.74, 6) is -0.528. The van der Waals surface area contributed by atoms with Crippen LogP contribution in [0, 0.1) is 0 Å². The summed E-state index contributed by atoms with van der Waals surface area (Å²) in [4.78, 5) is 42.1. The van der Waals surface area contributed by atoms with Crippen LogP contribution in [0.5, 0.6) is 5.75 Å². The number of para-hydroxylation sites is 3. The molecule has 5 aromatic carbocycles. The highest BCUT2D eigenvalue weighted by molar-refractivity contribution is 9.10. The van der Waals surface area contributed by atoms with Crippen LogP contribution in [0.1, 0.15) is 31.8 Å². The summed E-state index contributed by atoms with van der Waals surface area (Å²) in [7, 11) is 0. The van der Waals surface area contributed by atoms with Crippen LogP contribution >= 0.6 is 15.9 Å². The molecular formula is C36H30BrN3O4. The molecule has 0 aliphatic carbocycles. The number of nitrogens with zero attached hydrogens (tertiary/aromatic N) is 1. The molecule has 8 heteroatoms. The van der Waals surface area contributed by atoms with Gasteiger partial charge in [-0.15, -0.1) is 0 Å². The minimum atomic E-state index is -0.457. The molecule has 2 N–H and O–H groups in total. The summed E-state index contributed by atoms with van der Waals surface area (Å²) in [6, 6.07) is 40.0. The Kier molecular flexibility index (Phi) is 10.2. The van der Waals surface area contributed by atoms with Crippen LogP contribution in [0.4, 0.5) is 11.4 Å². The molecule has 0 spiro atoms. The van der Waals surface area contributed by atoms with Crippen LogP contribution in [0.25, 0.3) is 0 Å². The second-order valence-electron chi connectivity index (χ2n) is 9.89. The van der Waals surface area contributed by atoms with E-state index in [9.17, 15) is 14.4 Å². The van der Waals surface area contributed by atoms with E-state index in [1.165, 1.54) is 0 Å². The molecule has 5 rings (SSSR count). The van der Waals surface area contributed by atoms with Crippen LogP contribution in [-0.4, -0.2) is 24.3 Å². The first-order chi connectivity index (χ1) is 21.5. The third-order valence-corrected chi connectivity index (χ3v) is 7.34. The first-order valence-corrected chi connectivity index (χ1v) is 14.8. The van der Waals surface area contributed by atoms with Gasteiger partial charge in [0.1, 0.15) is 5.75 Å². The van der Waals surface area contributed by atoms with Crippen LogP contribution in [0.2, 0.25) is 0 Å². The maximum Gasteiger partial charge on any atom is 0.265 e. The molecule has 5 aromatic rings. The lowest BCUT2D eigenvalue weighted by Gasteiger charge is -2.25. The summed E-state index contributed by atoms with van der Waals surface area (Å²) in [5, 5.41) is 5.81. The van der Waals surface area contributed by atoms with Crippen molar-refractivity contribution < 1.29 is 19.1 Å². The minimum Gasteiger partial charge on any atom is -0.484 e. The molecule has 7 nitrogen and oxygen atoms in total. The van der Waals surface area contributed by atoms with E-state index in [0.717, 1.165) is 15.6 Å². The second-order valence-corrected chi connectivity index (χ2v) is 10.8. The van der Waals surface area contributed by atoms with Crippen molar-refractivity contribution in [2.24, 2.45) is 0 Å². The van der Waals surface area contributed by atoms with Gasteiger partial charge in [-0.1, -0.05) is 101 Å². The Bertz CT molecular complexity index is 1730. The van der Waals surface area contributed by atoms with E-state index in [1.54, 1.807) is 65.6 Å². The Morgan fingerprint density at radius 3 is 1.98 bits per heavy atom. The molecule has 0 aromatic heterocycles. The fourth-order valence-corrected chi connectivity index (χ4v) is 4.84. The molecule has 0 fully saturated rings. The van der Waals surface area contributed by atoms with Crippen LogP contribution in [0.3, 0.4) is 0 Å². The van der Waals surface area contributed by atoms with Crippen molar-refractivity contribution in [1.82, 2.24) is 5.32 Å². The fourth-order valence-electron chi connectivity index (χ4n) is 4.57. The Hall–Kier alpha value is -5.21. The molecule has 0 radical (unpaired) electrons. The van der Waals surface area contributed by atoms with E-state index in [4.69, 9.17) is 4.74 Å². The van der Waals surface area contributed by atoms with Crippen molar-refractivity contribution in [3.05, 3.63) is 160 Å². The van der Waals surface area contributed by atoms with Gasteiger partial charge in [0.2, 0.25) is 0 Å². The third kappa shape index (κ3) is 7.99. The van der Waals surface area contributed by atoms with Gasteiger partial charge in [0.05, 0.1) is 29.0 Å². The average molecular weight is 649 g/mol. The number of hydrogen-bond donors (Lipinski definition) is 2. The van der Waals surface area contributed by atoms with Crippen LogP contribution in [0.15, 0.2) is 138 Å². The molecule has 0 aliphatic rings. The Morgan fingerprint density at radius 1 is 0.636 bits per heavy atom. The lowest BCUT2D eigenvalue weighted by Crippen LogP contribution is -2.36. The van der Waals surface area contributed by atoms with Crippen molar-refractivity contribution >= 4 is 45.0 Å². The topological polar surface area (TPSA) is 87.7 Å². The number of hydrogen-bond acceptors (Lipinski definition) is 4. The van der Waals surface area contributed by atoms with Gasteiger partial charge in [-0.05, 0) is 59.7 Å². The summed E-state index contributed by atoms with van der Waals surface area (Å²) in [6.45, 7) is 0.344. The summed E-state index contributed by atoms with van der Waals surface area (Å²) >= 11 is 3.45. The highest BCUT2D eigenvalue weighted by Crippen LogP contribution is 2.26. The highest BCUT2D eigenvalue weighted by Gasteiger charge is 2.24. The van der Waals surface area contributed by atoms with Crippen molar-refractivity contribution in [2.45, 2.75) is 13.1 Å². The van der Waals surface area contributed by atoms with Crippen LogP contribution < -0.4 is 20.3 Å². The smallest absolute Gasteiger partial charge is 0.265 e. The number of amides is 3. The van der Waals surface area contributed by atoms with Gasteiger partial charge in [-0.25, -0.2) is 0 Å². The zero-order valence-electron chi connectivity index (χ0n) is 23.8. The molecule has 0 atom stereocenters. The summed E-state index contributed by atoms with van der Waals surface area (Å²) < 4.78 is 6.69. The Balaban J connectivity index is 1.39. The van der Waals surface area contributed by atoms with Gasteiger partial charge in [0, 0.05) is 11.0 Å². The first kappa shape index (κ1) is 30.3. The van der Waals surface area contributed by atoms with E-state index < -0.39 is 5.91 Å². The van der Waals surface area contributed by atoms with E-state index >= 15 is 0 Å². The molecule has 220 valence electrons. The van der Waals surface area contributed by atoms with Crippen molar-refractivity contribution in [3.63, 3.8) is 0 Å². The minimum absolute atomic E-state index is 0.215. The predicted octanol–water partition coefficient (Wildman–Crippen LogP) is 7.24. The number of carbonyl (C=O) groups excluding carboxylic acids is 3. The highest BCUT2D eigenvalue weighted by atomic mass is 79.9. The molecular weight excluding hydrogens is 618 g/mol. The maximum atomic E-state index is 13.8. The molecule has 0 aliphatic heterocycles.